The molecule has 0 fully saturated rings. The summed E-state index contributed by atoms with van der Waals surface area (Å²) >= 11 is 3.39. The van der Waals surface area contributed by atoms with E-state index in [1.807, 2.05) is 36.2 Å². The van der Waals surface area contributed by atoms with Crippen LogP contribution in [-0.4, -0.2) is 29.6 Å². The van der Waals surface area contributed by atoms with Crippen molar-refractivity contribution in [2.45, 2.75) is 19.4 Å². The van der Waals surface area contributed by atoms with Crippen LogP contribution < -0.4 is 0 Å². The molecular weight excluding hydrogens is 270 g/mol. The summed E-state index contributed by atoms with van der Waals surface area (Å²) in [5.41, 5.74) is 1.19. The fourth-order valence-corrected chi connectivity index (χ4v) is 1.73. The van der Waals surface area contributed by atoms with Gasteiger partial charge in [-0.1, -0.05) is 28.1 Å². The number of carboxylic acid groups (broad SMARTS) is 1. The maximum Gasteiger partial charge on any atom is 0.304 e. The molecule has 0 aliphatic carbocycles. The van der Waals surface area contributed by atoms with Crippen molar-refractivity contribution in [2.24, 2.45) is 0 Å². The molecule has 4 heteroatoms. The summed E-state index contributed by atoms with van der Waals surface area (Å²) in [4.78, 5) is 12.5. The minimum atomic E-state index is -0.755. The van der Waals surface area contributed by atoms with Crippen LogP contribution in [0.1, 0.15) is 24.9 Å². The van der Waals surface area contributed by atoms with E-state index in [1.54, 1.807) is 0 Å². The molecule has 0 saturated carbocycles. The Kier molecular flexibility index (Phi) is 4.96. The van der Waals surface area contributed by atoms with Crippen LogP contribution in [0.5, 0.6) is 0 Å². The predicted octanol–water partition coefficient (Wildman–Crippen LogP) is 2.92. The quantitative estimate of drug-likeness (QED) is 0.904. The number of hydrogen-bond donors (Lipinski definition) is 1. The molecule has 1 N–H and O–H groups in total. The van der Waals surface area contributed by atoms with Crippen LogP contribution in [0.4, 0.5) is 0 Å². The smallest absolute Gasteiger partial charge is 0.304 e. The Morgan fingerprint density at radius 1 is 1.44 bits per heavy atom. The van der Waals surface area contributed by atoms with Gasteiger partial charge in [0.15, 0.2) is 0 Å². The van der Waals surface area contributed by atoms with Crippen LogP contribution in [0.3, 0.4) is 0 Å². The van der Waals surface area contributed by atoms with Gasteiger partial charge in [-0.05, 0) is 31.7 Å². The average Bonchev–Trinajstić information content (AvgIpc) is 2.26. The standard InChI is InChI=1S/C12H16BrNO2/c1-9(14(2)8-7-12(15)16)10-3-5-11(13)6-4-10/h3-6,9H,7-8H2,1-2H3,(H,15,16). The molecule has 3 nitrogen and oxygen atoms in total. The first-order valence-electron chi connectivity index (χ1n) is 5.18. The van der Waals surface area contributed by atoms with E-state index in [0.717, 1.165) is 4.47 Å². The monoisotopic (exact) mass is 285 g/mol. The summed E-state index contributed by atoms with van der Waals surface area (Å²) in [5.74, 6) is -0.755. The van der Waals surface area contributed by atoms with Gasteiger partial charge in [0.25, 0.3) is 0 Å². The molecule has 0 radical (unpaired) electrons. The topological polar surface area (TPSA) is 40.5 Å². The van der Waals surface area contributed by atoms with Crippen molar-refractivity contribution in [3.63, 3.8) is 0 Å². The van der Waals surface area contributed by atoms with Crippen LogP contribution in [-0.2, 0) is 4.79 Å². The number of hydrogen-bond acceptors (Lipinski definition) is 2. The minimum Gasteiger partial charge on any atom is -0.481 e. The second kappa shape index (κ2) is 6.01. The first-order chi connectivity index (χ1) is 7.50. The molecule has 0 aromatic heterocycles. The Morgan fingerprint density at radius 3 is 2.50 bits per heavy atom. The van der Waals surface area contributed by atoms with E-state index in [0.29, 0.717) is 6.54 Å². The fraction of sp³-hybridized carbons (Fsp3) is 0.417. The number of carboxylic acids is 1. The van der Waals surface area contributed by atoms with Gasteiger partial charge in [-0.3, -0.25) is 9.69 Å². The third-order valence-electron chi connectivity index (χ3n) is 2.69. The first-order valence-corrected chi connectivity index (χ1v) is 5.97. The Labute approximate surface area is 104 Å². The highest BCUT2D eigenvalue weighted by Crippen LogP contribution is 2.20. The highest BCUT2D eigenvalue weighted by Gasteiger charge is 2.12. The molecule has 0 aliphatic heterocycles. The molecular formula is C12H16BrNO2. The molecule has 0 heterocycles. The van der Waals surface area contributed by atoms with Crippen molar-refractivity contribution in [3.05, 3.63) is 34.3 Å². The zero-order valence-electron chi connectivity index (χ0n) is 9.48. The summed E-state index contributed by atoms with van der Waals surface area (Å²) < 4.78 is 1.05. The Hall–Kier alpha value is -0.870. The number of halogens is 1. The summed E-state index contributed by atoms with van der Waals surface area (Å²) in [6.45, 7) is 2.64. The molecule has 0 spiro atoms. The van der Waals surface area contributed by atoms with Crippen molar-refractivity contribution in [3.8, 4) is 0 Å². The molecule has 1 aromatic rings. The second-order valence-electron chi connectivity index (χ2n) is 3.85. The van der Waals surface area contributed by atoms with Crippen molar-refractivity contribution in [1.82, 2.24) is 4.90 Å². The molecule has 0 bridgehead atoms. The van der Waals surface area contributed by atoms with Crippen LogP contribution in [0.15, 0.2) is 28.7 Å². The average molecular weight is 286 g/mol. The molecule has 0 aliphatic rings. The molecule has 1 unspecified atom stereocenters. The second-order valence-corrected chi connectivity index (χ2v) is 4.77. The number of carbonyl (C=O) groups is 1. The fourth-order valence-electron chi connectivity index (χ4n) is 1.46. The molecule has 16 heavy (non-hydrogen) atoms. The highest BCUT2D eigenvalue weighted by atomic mass is 79.9. The van der Waals surface area contributed by atoms with Gasteiger partial charge in [0, 0.05) is 17.1 Å². The Bertz CT molecular complexity index is 351. The van der Waals surface area contributed by atoms with E-state index in [2.05, 4.69) is 22.9 Å². The third-order valence-corrected chi connectivity index (χ3v) is 3.22. The lowest BCUT2D eigenvalue weighted by molar-refractivity contribution is -0.137. The van der Waals surface area contributed by atoms with Gasteiger partial charge in [0.05, 0.1) is 6.42 Å². The van der Waals surface area contributed by atoms with E-state index < -0.39 is 5.97 Å². The van der Waals surface area contributed by atoms with Crippen molar-refractivity contribution in [1.29, 1.82) is 0 Å². The summed E-state index contributed by atoms with van der Waals surface area (Å²) in [6, 6.07) is 8.32. The SMILES string of the molecule is CC(c1ccc(Br)cc1)N(C)CCC(=O)O. The van der Waals surface area contributed by atoms with Crippen LogP contribution in [0.25, 0.3) is 0 Å². The van der Waals surface area contributed by atoms with Gasteiger partial charge in [-0.25, -0.2) is 0 Å². The summed E-state index contributed by atoms with van der Waals surface area (Å²) in [5, 5.41) is 8.62. The Morgan fingerprint density at radius 2 is 2.00 bits per heavy atom. The summed E-state index contributed by atoms with van der Waals surface area (Å²) in [7, 11) is 1.94. The zero-order valence-corrected chi connectivity index (χ0v) is 11.1. The van der Waals surface area contributed by atoms with Gasteiger partial charge in [0.2, 0.25) is 0 Å². The molecule has 1 atom stereocenters. The van der Waals surface area contributed by atoms with Gasteiger partial charge < -0.3 is 5.11 Å². The number of aliphatic carboxylic acids is 1. The molecule has 88 valence electrons. The number of benzene rings is 1. The zero-order chi connectivity index (χ0) is 12.1. The lowest BCUT2D eigenvalue weighted by Gasteiger charge is -2.24. The first kappa shape index (κ1) is 13.2. The van der Waals surface area contributed by atoms with Crippen LogP contribution >= 0.6 is 15.9 Å². The minimum absolute atomic E-state index is 0.178. The van der Waals surface area contributed by atoms with Crippen LogP contribution in [0.2, 0.25) is 0 Å². The molecule has 0 amide bonds. The van der Waals surface area contributed by atoms with Crippen molar-refractivity contribution in [2.75, 3.05) is 13.6 Å². The van der Waals surface area contributed by atoms with E-state index in [1.165, 1.54) is 5.56 Å². The summed E-state index contributed by atoms with van der Waals surface area (Å²) in [6.07, 6.45) is 0.178. The number of nitrogens with zero attached hydrogens (tertiary/aromatic N) is 1. The van der Waals surface area contributed by atoms with E-state index in [-0.39, 0.29) is 12.5 Å². The lowest BCUT2D eigenvalue weighted by atomic mass is 10.1. The lowest BCUT2D eigenvalue weighted by Crippen LogP contribution is -2.25. The van der Waals surface area contributed by atoms with E-state index in [4.69, 9.17) is 5.11 Å². The van der Waals surface area contributed by atoms with Crippen LogP contribution in [0, 0.1) is 0 Å². The largest absolute Gasteiger partial charge is 0.481 e. The number of rotatable bonds is 5. The normalized spacial score (nSPS) is 12.8. The van der Waals surface area contributed by atoms with Crippen molar-refractivity contribution < 1.29 is 9.90 Å². The maximum atomic E-state index is 10.5. The van der Waals surface area contributed by atoms with E-state index >= 15 is 0 Å². The molecule has 1 rings (SSSR count). The molecule has 1 aromatic carbocycles. The van der Waals surface area contributed by atoms with Gasteiger partial charge in [-0.15, -0.1) is 0 Å². The Balaban J connectivity index is 2.59. The highest BCUT2D eigenvalue weighted by molar-refractivity contribution is 9.10. The van der Waals surface area contributed by atoms with Gasteiger partial charge in [-0.2, -0.15) is 0 Å². The molecule has 0 saturated heterocycles. The van der Waals surface area contributed by atoms with Gasteiger partial charge >= 0.3 is 5.97 Å². The maximum absolute atomic E-state index is 10.5. The van der Waals surface area contributed by atoms with E-state index in [9.17, 15) is 4.79 Å². The van der Waals surface area contributed by atoms with Gasteiger partial charge in [0.1, 0.15) is 0 Å². The predicted molar refractivity (Wildman–Crippen MR) is 67.4 cm³/mol. The third kappa shape index (κ3) is 3.94. The van der Waals surface area contributed by atoms with Crippen molar-refractivity contribution >= 4 is 21.9 Å².